The van der Waals surface area contributed by atoms with Crippen molar-refractivity contribution in [2.24, 2.45) is 16.6 Å². The van der Waals surface area contributed by atoms with Gasteiger partial charge in [-0.3, -0.25) is 4.99 Å². The van der Waals surface area contributed by atoms with Crippen LogP contribution in [0, 0.1) is 5.92 Å². The maximum atomic E-state index is 5.97. The molecule has 1 aliphatic carbocycles. The van der Waals surface area contributed by atoms with E-state index in [0.29, 0.717) is 12.0 Å². The summed E-state index contributed by atoms with van der Waals surface area (Å²) in [6.45, 7) is 2.18. The van der Waals surface area contributed by atoms with Gasteiger partial charge in [0, 0.05) is 19.0 Å². The number of aliphatic imine (C=N–C) groups is 1. The van der Waals surface area contributed by atoms with Crippen molar-refractivity contribution in [3.05, 3.63) is 0 Å². The second-order valence-corrected chi connectivity index (χ2v) is 4.41. The first kappa shape index (κ1) is 9.00. The number of amidine groups is 1. The largest absolute Gasteiger partial charge is 0.387 e. The quantitative estimate of drug-likeness (QED) is 0.507. The topological polar surface area (TPSA) is 41.6 Å². The van der Waals surface area contributed by atoms with Crippen molar-refractivity contribution in [2.75, 3.05) is 20.1 Å². The molecule has 0 aromatic carbocycles. The highest BCUT2D eigenvalue weighted by molar-refractivity contribution is 5.83. The van der Waals surface area contributed by atoms with Gasteiger partial charge in [-0.15, -0.1) is 0 Å². The Bertz CT molecular complexity index is 200. The van der Waals surface area contributed by atoms with E-state index in [-0.39, 0.29) is 0 Å². The highest BCUT2D eigenvalue weighted by Gasteiger charge is 2.25. The van der Waals surface area contributed by atoms with Crippen molar-refractivity contribution in [3.63, 3.8) is 0 Å². The van der Waals surface area contributed by atoms with E-state index in [1.165, 1.54) is 25.7 Å². The van der Waals surface area contributed by atoms with Crippen molar-refractivity contribution in [1.82, 2.24) is 4.90 Å². The molecule has 1 saturated heterocycles. The molecular weight excluding hydrogens is 162 g/mol. The highest BCUT2D eigenvalue weighted by Crippen LogP contribution is 2.25. The van der Waals surface area contributed by atoms with Crippen LogP contribution < -0.4 is 5.73 Å². The van der Waals surface area contributed by atoms with E-state index in [4.69, 9.17) is 5.73 Å². The predicted octanol–water partition coefficient (Wildman–Crippen LogP) is 0.848. The van der Waals surface area contributed by atoms with Gasteiger partial charge in [-0.1, -0.05) is 12.8 Å². The van der Waals surface area contributed by atoms with Gasteiger partial charge in [0.1, 0.15) is 0 Å². The Morgan fingerprint density at radius 3 is 2.46 bits per heavy atom. The number of hydrogen-bond acceptors (Lipinski definition) is 2. The molecule has 2 rings (SSSR count). The summed E-state index contributed by atoms with van der Waals surface area (Å²) in [6, 6.07) is 0.491. The van der Waals surface area contributed by atoms with Gasteiger partial charge in [-0.2, -0.15) is 0 Å². The van der Waals surface area contributed by atoms with Crippen molar-refractivity contribution < 1.29 is 0 Å². The van der Waals surface area contributed by atoms with Crippen LogP contribution in [0.15, 0.2) is 4.99 Å². The van der Waals surface area contributed by atoms with Crippen LogP contribution in [0.5, 0.6) is 0 Å². The van der Waals surface area contributed by atoms with E-state index >= 15 is 0 Å². The molecule has 0 amide bonds. The van der Waals surface area contributed by atoms with Crippen LogP contribution in [0.1, 0.15) is 25.7 Å². The van der Waals surface area contributed by atoms with Crippen LogP contribution in [0.3, 0.4) is 0 Å². The molecule has 3 heteroatoms. The van der Waals surface area contributed by atoms with Gasteiger partial charge in [-0.05, 0) is 19.9 Å². The Morgan fingerprint density at radius 1 is 1.31 bits per heavy atom. The summed E-state index contributed by atoms with van der Waals surface area (Å²) >= 11 is 0. The Hall–Kier alpha value is -0.570. The second kappa shape index (κ2) is 3.66. The number of likely N-dealkylation sites (N-methyl/N-ethyl adjacent to an activating group) is 1. The SMILES string of the molecule is CN1CC(N=C(N)C2CCCC2)C1. The normalized spacial score (nSPS) is 27.9. The molecule has 0 aromatic heterocycles. The molecular formula is C10H19N3. The summed E-state index contributed by atoms with van der Waals surface area (Å²) < 4.78 is 0. The highest BCUT2D eigenvalue weighted by atomic mass is 15.2. The number of nitrogens with two attached hydrogens (primary N) is 1. The molecule has 0 spiro atoms. The van der Waals surface area contributed by atoms with Crippen LogP contribution in [0.4, 0.5) is 0 Å². The minimum absolute atomic E-state index is 0.491. The first-order chi connectivity index (χ1) is 6.25. The Kier molecular flexibility index (Phi) is 2.54. The molecule has 0 aromatic rings. The molecule has 1 saturated carbocycles. The summed E-state index contributed by atoms with van der Waals surface area (Å²) in [5, 5.41) is 0. The molecule has 2 N–H and O–H groups in total. The standard InChI is InChI=1S/C10H19N3/c1-13-6-9(7-13)12-10(11)8-4-2-3-5-8/h8-9H,2-7H2,1H3,(H2,11,12). The summed E-state index contributed by atoms with van der Waals surface area (Å²) in [5.74, 6) is 1.53. The Balaban J connectivity index is 1.84. The molecule has 0 atom stereocenters. The van der Waals surface area contributed by atoms with Gasteiger partial charge in [0.2, 0.25) is 0 Å². The van der Waals surface area contributed by atoms with Crippen LogP contribution >= 0.6 is 0 Å². The zero-order valence-electron chi connectivity index (χ0n) is 8.37. The van der Waals surface area contributed by atoms with E-state index in [2.05, 4.69) is 16.9 Å². The van der Waals surface area contributed by atoms with Crippen LogP contribution in [-0.2, 0) is 0 Å². The smallest absolute Gasteiger partial charge is 0.0973 e. The zero-order chi connectivity index (χ0) is 9.26. The van der Waals surface area contributed by atoms with E-state index in [9.17, 15) is 0 Å². The van der Waals surface area contributed by atoms with Gasteiger partial charge < -0.3 is 10.6 Å². The van der Waals surface area contributed by atoms with E-state index in [0.717, 1.165) is 18.9 Å². The van der Waals surface area contributed by atoms with Crippen molar-refractivity contribution in [1.29, 1.82) is 0 Å². The molecule has 2 fully saturated rings. The fourth-order valence-electron chi connectivity index (χ4n) is 2.29. The van der Waals surface area contributed by atoms with Crippen LogP contribution in [0.2, 0.25) is 0 Å². The lowest BCUT2D eigenvalue weighted by Crippen LogP contribution is -2.48. The van der Waals surface area contributed by atoms with Gasteiger partial charge >= 0.3 is 0 Å². The van der Waals surface area contributed by atoms with Crippen LogP contribution in [-0.4, -0.2) is 36.9 Å². The first-order valence-corrected chi connectivity index (χ1v) is 5.27. The summed E-state index contributed by atoms with van der Waals surface area (Å²) in [5.41, 5.74) is 5.97. The molecule has 2 aliphatic rings. The lowest BCUT2D eigenvalue weighted by molar-refractivity contribution is 0.193. The molecule has 1 heterocycles. The van der Waals surface area contributed by atoms with Gasteiger partial charge in [0.25, 0.3) is 0 Å². The summed E-state index contributed by atoms with van der Waals surface area (Å²) in [6.07, 6.45) is 5.20. The minimum Gasteiger partial charge on any atom is -0.387 e. The Labute approximate surface area is 80.0 Å². The van der Waals surface area contributed by atoms with Crippen molar-refractivity contribution in [2.45, 2.75) is 31.7 Å². The first-order valence-electron chi connectivity index (χ1n) is 5.27. The number of likely N-dealkylation sites (tertiary alicyclic amines) is 1. The third-order valence-corrected chi connectivity index (χ3v) is 3.15. The predicted molar refractivity (Wildman–Crippen MR) is 54.9 cm³/mol. The Morgan fingerprint density at radius 2 is 1.92 bits per heavy atom. The maximum Gasteiger partial charge on any atom is 0.0973 e. The summed E-state index contributed by atoms with van der Waals surface area (Å²) in [7, 11) is 2.12. The zero-order valence-corrected chi connectivity index (χ0v) is 8.37. The number of hydrogen-bond donors (Lipinski definition) is 1. The lowest BCUT2D eigenvalue weighted by Gasteiger charge is -2.33. The maximum absolute atomic E-state index is 5.97. The van der Waals surface area contributed by atoms with Gasteiger partial charge in [-0.25, -0.2) is 0 Å². The molecule has 13 heavy (non-hydrogen) atoms. The van der Waals surface area contributed by atoms with Gasteiger partial charge in [0.15, 0.2) is 0 Å². The van der Waals surface area contributed by atoms with E-state index < -0.39 is 0 Å². The average molecular weight is 181 g/mol. The molecule has 3 nitrogen and oxygen atoms in total. The fourth-order valence-corrected chi connectivity index (χ4v) is 2.29. The molecule has 74 valence electrons. The molecule has 1 aliphatic heterocycles. The van der Waals surface area contributed by atoms with Gasteiger partial charge in [0.05, 0.1) is 11.9 Å². The van der Waals surface area contributed by atoms with Crippen LogP contribution in [0.25, 0.3) is 0 Å². The van der Waals surface area contributed by atoms with E-state index in [1.54, 1.807) is 0 Å². The van der Waals surface area contributed by atoms with E-state index in [1.807, 2.05) is 0 Å². The fraction of sp³-hybridized carbons (Fsp3) is 0.900. The third kappa shape index (κ3) is 2.02. The average Bonchev–Trinajstić information content (AvgIpc) is 2.53. The minimum atomic E-state index is 0.491. The number of nitrogens with zero attached hydrogens (tertiary/aromatic N) is 2. The van der Waals surface area contributed by atoms with Crippen molar-refractivity contribution >= 4 is 5.84 Å². The second-order valence-electron chi connectivity index (χ2n) is 4.41. The molecule has 0 unspecified atom stereocenters. The molecule has 0 radical (unpaired) electrons. The van der Waals surface area contributed by atoms with Crippen molar-refractivity contribution in [3.8, 4) is 0 Å². The lowest BCUT2D eigenvalue weighted by atomic mass is 10.1. The monoisotopic (exact) mass is 181 g/mol. The summed E-state index contributed by atoms with van der Waals surface area (Å²) in [4.78, 5) is 6.84. The molecule has 0 bridgehead atoms. The third-order valence-electron chi connectivity index (χ3n) is 3.15. The number of rotatable bonds is 2.